The van der Waals surface area contributed by atoms with E-state index in [-0.39, 0.29) is 6.04 Å². The third kappa shape index (κ3) is 2.98. The van der Waals surface area contributed by atoms with Crippen molar-refractivity contribution in [2.75, 3.05) is 6.54 Å². The summed E-state index contributed by atoms with van der Waals surface area (Å²) in [6.45, 7) is 2.93. The fraction of sp³-hybridized carbons (Fsp3) is 0.353. The molecule has 1 atom stereocenters. The average Bonchev–Trinajstić information content (AvgIpc) is 3.24. The van der Waals surface area contributed by atoms with E-state index in [2.05, 4.69) is 15.0 Å². The van der Waals surface area contributed by atoms with Crippen LogP contribution in [0.25, 0.3) is 11.2 Å². The first-order chi connectivity index (χ1) is 12.5. The SMILES string of the molecule is Cc1ccc(S(=O)(=O)N2CCC[C@H]2Cn2cnc3c(Cl)ncnc32)cc1. The largest absolute Gasteiger partial charge is 0.314 e. The molecule has 1 aliphatic rings. The second-order valence-electron chi connectivity index (χ2n) is 6.46. The zero-order chi connectivity index (χ0) is 18.3. The molecule has 9 heteroatoms. The van der Waals surface area contributed by atoms with E-state index in [1.165, 1.54) is 6.33 Å². The number of rotatable bonds is 4. The van der Waals surface area contributed by atoms with Crippen molar-refractivity contribution in [1.29, 1.82) is 0 Å². The van der Waals surface area contributed by atoms with Crippen LogP contribution in [0.15, 0.2) is 41.8 Å². The van der Waals surface area contributed by atoms with E-state index in [0.717, 1.165) is 18.4 Å². The lowest BCUT2D eigenvalue weighted by Gasteiger charge is -2.24. The Bertz CT molecular complexity index is 1050. The molecule has 0 amide bonds. The number of halogens is 1. The normalized spacial score (nSPS) is 18.6. The molecule has 3 heterocycles. The van der Waals surface area contributed by atoms with Crippen molar-refractivity contribution in [3.05, 3.63) is 47.6 Å². The molecule has 0 saturated carbocycles. The minimum atomic E-state index is -3.53. The van der Waals surface area contributed by atoms with Gasteiger partial charge in [0.25, 0.3) is 0 Å². The van der Waals surface area contributed by atoms with Gasteiger partial charge in [0.2, 0.25) is 10.0 Å². The number of imidazole rings is 1. The van der Waals surface area contributed by atoms with Crippen LogP contribution in [0.5, 0.6) is 0 Å². The van der Waals surface area contributed by atoms with Crippen LogP contribution < -0.4 is 0 Å². The summed E-state index contributed by atoms with van der Waals surface area (Å²) >= 11 is 6.05. The van der Waals surface area contributed by atoms with E-state index in [4.69, 9.17) is 11.6 Å². The number of benzene rings is 1. The van der Waals surface area contributed by atoms with Crippen LogP contribution >= 0.6 is 11.6 Å². The number of aryl methyl sites for hydroxylation is 1. The van der Waals surface area contributed by atoms with Crippen LogP contribution in [0.4, 0.5) is 0 Å². The quantitative estimate of drug-likeness (QED) is 0.638. The molecule has 0 unspecified atom stereocenters. The summed E-state index contributed by atoms with van der Waals surface area (Å²) in [5.41, 5.74) is 2.17. The molecule has 3 aromatic rings. The lowest BCUT2D eigenvalue weighted by Crippen LogP contribution is -2.38. The van der Waals surface area contributed by atoms with Gasteiger partial charge < -0.3 is 4.57 Å². The number of nitrogens with zero attached hydrogens (tertiary/aromatic N) is 5. The van der Waals surface area contributed by atoms with Gasteiger partial charge in [-0.1, -0.05) is 29.3 Å². The van der Waals surface area contributed by atoms with Crippen LogP contribution in [0.2, 0.25) is 5.15 Å². The van der Waals surface area contributed by atoms with Gasteiger partial charge in [-0.25, -0.2) is 23.4 Å². The third-order valence-corrected chi connectivity index (χ3v) is 6.96. The predicted molar refractivity (Wildman–Crippen MR) is 98.4 cm³/mol. The summed E-state index contributed by atoms with van der Waals surface area (Å²) in [5, 5.41) is 0.296. The van der Waals surface area contributed by atoms with Crippen LogP contribution in [0.1, 0.15) is 18.4 Å². The molecule has 1 aromatic carbocycles. The highest BCUT2D eigenvalue weighted by Gasteiger charge is 2.35. The van der Waals surface area contributed by atoms with E-state index in [1.807, 2.05) is 23.6 Å². The molecular formula is C17H18ClN5O2S. The molecule has 4 rings (SSSR count). The van der Waals surface area contributed by atoms with E-state index < -0.39 is 10.0 Å². The van der Waals surface area contributed by atoms with Crippen molar-refractivity contribution in [3.8, 4) is 0 Å². The maximum absolute atomic E-state index is 13.1. The minimum absolute atomic E-state index is 0.146. The Morgan fingerprint density at radius 3 is 2.73 bits per heavy atom. The Labute approximate surface area is 156 Å². The maximum Gasteiger partial charge on any atom is 0.243 e. The Hall–Kier alpha value is -2.03. The van der Waals surface area contributed by atoms with Crippen molar-refractivity contribution in [3.63, 3.8) is 0 Å². The maximum atomic E-state index is 13.1. The summed E-state index contributed by atoms with van der Waals surface area (Å²) in [4.78, 5) is 12.7. The van der Waals surface area contributed by atoms with Crippen LogP contribution in [-0.4, -0.2) is 44.8 Å². The third-order valence-electron chi connectivity index (χ3n) is 4.71. The van der Waals surface area contributed by atoms with Gasteiger partial charge in [0.1, 0.15) is 11.8 Å². The smallest absolute Gasteiger partial charge is 0.243 e. The minimum Gasteiger partial charge on any atom is -0.314 e. The molecular weight excluding hydrogens is 374 g/mol. The molecule has 0 N–H and O–H groups in total. The van der Waals surface area contributed by atoms with E-state index in [9.17, 15) is 8.42 Å². The first-order valence-corrected chi connectivity index (χ1v) is 10.2. The van der Waals surface area contributed by atoms with Crippen molar-refractivity contribution < 1.29 is 8.42 Å². The van der Waals surface area contributed by atoms with Crippen molar-refractivity contribution >= 4 is 32.8 Å². The standard InChI is InChI=1S/C17H18ClN5O2S/c1-12-4-6-14(7-5-12)26(24,25)23-8-2-3-13(23)9-22-11-21-15-16(18)19-10-20-17(15)22/h4-7,10-11,13H,2-3,8-9H2,1H3/t13-/m0/s1. The molecule has 1 aliphatic heterocycles. The summed E-state index contributed by atoms with van der Waals surface area (Å²) in [6, 6.07) is 6.83. The van der Waals surface area contributed by atoms with Crippen molar-refractivity contribution in [2.45, 2.75) is 37.2 Å². The highest BCUT2D eigenvalue weighted by Crippen LogP contribution is 2.28. The Balaban J connectivity index is 1.64. The molecule has 0 aliphatic carbocycles. The van der Waals surface area contributed by atoms with Gasteiger partial charge in [-0.2, -0.15) is 4.31 Å². The number of sulfonamides is 1. The molecule has 0 spiro atoms. The van der Waals surface area contributed by atoms with E-state index >= 15 is 0 Å². The lowest BCUT2D eigenvalue weighted by molar-refractivity contribution is 0.354. The Morgan fingerprint density at radius 2 is 1.96 bits per heavy atom. The van der Waals surface area contributed by atoms with Crippen molar-refractivity contribution in [1.82, 2.24) is 23.8 Å². The van der Waals surface area contributed by atoms with Gasteiger partial charge in [0.05, 0.1) is 11.2 Å². The molecule has 0 bridgehead atoms. The topological polar surface area (TPSA) is 81.0 Å². The molecule has 7 nitrogen and oxygen atoms in total. The Kier molecular flexibility index (Phi) is 4.42. The second kappa shape index (κ2) is 6.61. The number of hydrogen-bond donors (Lipinski definition) is 0. The zero-order valence-electron chi connectivity index (χ0n) is 14.2. The fourth-order valence-electron chi connectivity index (χ4n) is 3.37. The van der Waals surface area contributed by atoms with Gasteiger partial charge in [-0.3, -0.25) is 0 Å². The molecule has 26 heavy (non-hydrogen) atoms. The monoisotopic (exact) mass is 391 g/mol. The van der Waals surface area contributed by atoms with Crippen molar-refractivity contribution in [2.24, 2.45) is 0 Å². The molecule has 0 radical (unpaired) electrons. The predicted octanol–water partition coefficient (Wildman–Crippen LogP) is 2.64. The van der Waals surface area contributed by atoms with Gasteiger partial charge in [0.15, 0.2) is 10.8 Å². The summed E-state index contributed by atoms with van der Waals surface area (Å²) < 4.78 is 29.5. The van der Waals surface area contributed by atoms with Crippen LogP contribution in [0.3, 0.4) is 0 Å². The average molecular weight is 392 g/mol. The highest BCUT2D eigenvalue weighted by molar-refractivity contribution is 7.89. The second-order valence-corrected chi connectivity index (χ2v) is 8.71. The first kappa shape index (κ1) is 17.4. The van der Waals surface area contributed by atoms with E-state index in [1.54, 1.807) is 22.8 Å². The fourth-order valence-corrected chi connectivity index (χ4v) is 5.23. The molecule has 1 saturated heterocycles. The lowest BCUT2D eigenvalue weighted by atomic mass is 10.2. The van der Waals surface area contributed by atoms with Crippen LogP contribution in [0, 0.1) is 6.92 Å². The van der Waals surface area contributed by atoms with Gasteiger partial charge in [0, 0.05) is 19.1 Å². The number of fused-ring (bicyclic) bond motifs is 1. The Morgan fingerprint density at radius 1 is 1.19 bits per heavy atom. The molecule has 136 valence electrons. The molecule has 1 fully saturated rings. The summed E-state index contributed by atoms with van der Waals surface area (Å²) in [6.07, 6.45) is 4.65. The van der Waals surface area contributed by atoms with Gasteiger partial charge in [-0.15, -0.1) is 0 Å². The van der Waals surface area contributed by atoms with Gasteiger partial charge >= 0.3 is 0 Å². The number of hydrogen-bond acceptors (Lipinski definition) is 5. The highest BCUT2D eigenvalue weighted by atomic mass is 35.5. The zero-order valence-corrected chi connectivity index (χ0v) is 15.8. The summed E-state index contributed by atoms with van der Waals surface area (Å²) in [7, 11) is -3.53. The van der Waals surface area contributed by atoms with E-state index in [0.29, 0.717) is 34.3 Å². The van der Waals surface area contributed by atoms with Crippen LogP contribution in [-0.2, 0) is 16.6 Å². The number of aromatic nitrogens is 4. The summed E-state index contributed by atoms with van der Waals surface area (Å²) in [5.74, 6) is 0. The van der Waals surface area contributed by atoms with Gasteiger partial charge in [-0.05, 0) is 31.9 Å². The first-order valence-electron chi connectivity index (χ1n) is 8.36. The molecule has 2 aromatic heterocycles.